The second-order valence-corrected chi connectivity index (χ2v) is 11.0. The smallest absolute Gasteiger partial charge is 0.352 e. The van der Waals surface area contributed by atoms with Crippen LogP contribution in [0, 0.1) is 30.9 Å². The lowest BCUT2D eigenvalue weighted by Gasteiger charge is -2.49. The van der Waals surface area contributed by atoms with E-state index < -0.39 is 34.1 Å². The van der Waals surface area contributed by atoms with Gasteiger partial charge in [-0.1, -0.05) is 23.1 Å². The molecule has 1 saturated heterocycles. The van der Waals surface area contributed by atoms with Crippen molar-refractivity contribution in [3.63, 3.8) is 0 Å². The maximum Gasteiger partial charge on any atom is 0.352 e. The summed E-state index contributed by atoms with van der Waals surface area (Å²) in [7, 11) is 0. The highest BCUT2D eigenvalue weighted by Crippen LogP contribution is 2.41. The standard InChI is InChI=1S/C18H19N7O6S3/c1-7-13(25(30)31)8(2)23(22-7)4-11(26)19-12-15(27)24-14(17(28)29)10(5-32-16(12)24)6-33-18-21-20-9(3)34-18/h12,16H,4-6H2,1-3H3,(H,19,26)(H,28,29)/t12-,16-/m1/s1. The molecule has 16 heteroatoms. The lowest BCUT2D eigenvalue weighted by atomic mass is 10.0. The Kier molecular flexibility index (Phi) is 6.64. The summed E-state index contributed by atoms with van der Waals surface area (Å²) in [6, 6.07) is -0.890. The van der Waals surface area contributed by atoms with Gasteiger partial charge in [0.2, 0.25) is 5.91 Å². The zero-order valence-corrected chi connectivity index (χ0v) is 20.6. The maximum atomic E-state index is 12.8. The number of nitro groups is 1. The highest BCUT2D eigenvalue weighted by molar-refractivity contribution is 8.01. The summed E-state index contributed by atoms with van der Waals surface area (Å²) in [5.41, 5.74) is 0.790. The Morgan fingerprint density at radius 3 is 2.65 bits per heavy atom. The van der Waals surface area contributed by atoms with E-state index in [-0.39, 0.29) is 29.3 Å². The second-order valence-electron chi connectivity index (χ2n) is 7.52. The van der Waals surface area contributed by atoms with E-state index in [0.717, 1.165) is 5.01 Å². The molecular weight excluding hydrogens is 506 g/mol. The molecule has 2 aliphatic heterocycles. The number of nitrogens with zero attached hydrogens (tertiary/aromatic N) is 6. The third-order valence-corrected chi connectivity index (χ3v) is 8.66. The predicted octanol–water partition coefficient (Wildman–Crippen LogP) is 1.10. The van der Waals surface area contributed by atoms with E-state index in [1.807, 2.05) is 6.92 Å². The van der Waals surface area contributed by atoms with Crippen molar-refractivity contribution in [2.45, 2.75) is 43.1 Å². The molecule has 4 heterocycles. The molecule has 0 aliphatic carbocycles. The van der Waals surface area contributed by atoms with Crippen molar-refractivity contribution in [1.29, 1.82) is 0 Å². The van der Waals surface area contributed by atoms with Crippen molar-refractivity contribution in [2.75, 3.05) is 11.5 Å². The van der Waals surface area contributed by atoms with Gasteiger partial charge in [0.1, 0.15) is 40.1 Å². The number of aromatic nitrogens is 4. The topological polar surface area (TPSA) is 173 Å². The number of β-lactam (4-membered cyclic amide) rings is 1. The van der Waals surface area contributed by atoms with Crippen molar-refractivity contribution < 1.29 is 24.4 Å². The number of hydrogen-bond acceptors (Lipinski definition) is 11. The largest absolute Gasteiger partial charge is 0.477 e. The Hall–Kier alpha value is -2.98. The average Bonchev–Trinajstić information content (AvgIpc) is 3.31. The minimum absolute atomic E-state index is 0.0674. The third kappa shape index (κ3) is 4.39. The van der Waals surface area contributed by atoms with Crippen molar-refractivity contribution in [1.82, 2.24) is 30.2 Å². The minimum atomic E-state index is -1.21. The van der Waals surface area contributed by atoms with E-state index in [0.29, 0.717) is 21.4 Å². The third-order valence-electron chi connectivity index (χ3n) is 5.26. The van der Waals surface area contributed by atoms with E-state index in [4.69, 9.17) is 0 Å². The number of carboxylic acid groups (broad SMARTS) is 1. The van der Waals surface area contributed by atoms with Crippen LogP contribution in [0.1, 0.15) is 16.4 Å². The molecule has 2 N–H and O–H groups in total. The quantitative estimate of drug-likeness (QED) is 0.219. The van der Waals surface area contributed by atoms with Crippen molar-refractivity contribution in [3.8, 4) is 0 Å². The van der Waals surface area contributed by atoms with Gasteiger partial charge in [-0.15, -0.1) is 22.0 Å². The van der Waals surface area contributed by atoms with E-state index >= 15 is 0 Å². The molecule has 2 atom stereocenters. The maximum absolute atomic E-state index is 12.8. The van der Waals surface area contributed by atoms with Crippen LogP contribution in [0.25, 0.3) is 0 Å². The van der Waals surface area contributed by atoms with Crippen LogP contribution in [0.3, 0.4) is 0 Å². The Morgan fingerprint density at radius 1 is 1.32 bits per heavy atom. The average molecular weight is 526 g/mol. The highest BCUT2D eigenvalue weighted by Gasteiger charge is 2.54. The lowest BCUT2D eigenvalue weighted by Crippen LogP contribution is -2.70. The van der Waals surface area contributed by atoms with E-state index in [1.165, 1.54) is 58.3 Å². The normalized spacial score (nSPS) is 19.6. The molecule has 180 valence electrons. The predicted molar refractivity (Wildman–Crippen MR) is 123 cm³/mol. The van der Waals surface area contributed by atoms with E-state index in [1.54, 1.807) is 0 Å². The zero-order valence-electron chi connectivity index (χ0n) is 18.2. The molecule has 0 aromatic carbocycles. The SMILES string of the molecule is Cc1nnc(SCC2=C(C(=O)O)N3C(=O)[C@@H](NC(=O)Cn4nc(C)c([N+](=O)[O-])c4C)[C@H]3SC2)s1. The van der Waals surface area contributed by atoms with Crippen LogP contribution in [-0.4, -0.2) is 75.6 Å². The number of rotatable bonds is 8. The fraction of sp³-hybridized carbons (Fsp3) is 0.444. The van der Waals surface area contributed by atoms with Crippen LogP contribution in [0.2, 0.25) is 0 Å². The summed E-state index contributed by atoms with van der Waals surface area (Å²) in [6.45, 7) is 4.50. The number of carbonyl (C=O) groups is 3. The summed E-state index contributed by atoms with van der Waals surface area (Å²) in [6.07, 6.45) is 0. The Bertz CT molecular complexity index is 1240. The highest BCUT2D eigenvalue weighted by atomic mass is 32.2. The molecule has 2 aromatic rings. The van der Waals surface area contributed by atoms with Gasteiger partial charge in [0.15, 0.2) is 4.34 Å². The molecule has 0 saturated carbocycles. The zero-order chi connectivity index (χ0) is 24.7. The number of fused-ring (bicyclic) bond motifs is 1. The summed E-state index contributed by atoms with van der Waals surface area (Å²) in [5, 5.41) is 35.8. The number of aliphatic carboxylic acids is 1. The number of nitrogens with one attached hydrogen (secondary N) is 1. The molecule has 13 nitrogen and oxygen atoms in total. The summed E-state index contributed by atoms with van der Waals surface area (Å²) in [5.74, 6) is -1.53. The van der Waals surface area contributed by atoms with Crippen LogP contribution in [-0.2, 0) is 20.9 Å². The molecule has 34 heavy (non-hydrogen) atoms. The number of carboxylic acids is 1. The number of thioether (sulfide) groups is 2. The van der Waals surface area contributed by atoms with Crippen LogP contribution >= 0.6 is 34.9 Å². The van der Waals surface area contributed by atoms with E-state index in [9.17, 15) is 29.6 Å². The summed E-state index contributed by atoms with van der Waals surface area (Å²) >= 11 is 4.14. The van der Waals surface area contributed by atoms with Crippen molar-refractivity contribution in [2.24, 2.45) is 0 Å². The number of carbonyl (C=O) groups excluding carboxylic acids is 2. The fourth-order valence-electron chi connectivity index (χ4n) is 3.74. The van der Waals surface area contributed by atoms with Gasteiger partial charge in [-0.05, 0) is 26.3 Å². The molecule has 4 rings (SSSR count). The number of hydrogen-bond donors (Lipinski definition) is 2. The number of aryl methyl sites for hydroxylation is 2. The van der Waals surface area contributed by atoms with Crippen LogP contribution < -0.4 is 5.32 Å². The molecule has 2 aliphatic rings. The lowest BCUT2D eigenvalue weighted by molar-refractivity contribution is -0.386. The number of amides is 2. The van der Waals surface area contributed by atoms with Crippen LogP contribution in [0.5, 0.6) is 0 Å². The van der Waals surface area contributed by atoms with Gasteiger partial charge in [0.05, 0.1) is 4.92 Å². The Morgan fingerprint density at radius 2 is 2.06 bits per heavy atom. The van der Waals surface area contributed by atoms with Crippen LogP contribution in [0.4, 0.5) is 5.69 Å². The summed E-state index contributed by atoms with van der Waals surface area (Å²) in [4.78, 5) is 49.1. The van der Waals surface area contributed by atoms with E-state index in [2.05, 4.69) is 20.6 Å². The van der Waals surface area contributed by atoms with Gasteiger partial charge in [-0.25, -0.2) is 4.79 Å². The molecule has 2 amide bonds. The van der Waals surface area contributed by atoms with Gasteiger partial charge >= 0.3 is 11.7 Å². The first-order valence-corrected chi connectivity index (χ1v) is 12.7. The summed E-state index contributed by atoms with van der Waals surface area (Å²) < 4.78 is 1.93. The van der Waals surface area contributed by atoms with Crippen LogP contribution in [0.15, 0.2) is 15.6 Å². The van der Waals surface area contributed by atoms with Gasteiger partial charge < -0.3 is 10.4 Å². The monoisotopic (exact) mass is 525 g/mol. The van der Waals surface area contributed by atoms with Crippen molar-refractivity contribution in [3.05, 3.63) is 37.8 Å². The van der Waals surface area contributed by atoms with Gasteiger partial charge in [-0.2, -0.15) is 5.10 Å². The van der Waals surface area contributed by atoms with Gasteiger partial charge in [-0.3, -0.25) is 29.3 Å². The first-order chi connectivity index (χ1) is 16.1. The molecule has 0 spiro atoms. The first-order valence-electron chi connectivity index (χ1n) is 9.89. The molecule has 0 unspecified atom stereocenters. The van der Waals surface area contributed by atoms with Gasteiger partial charge in [0, 0.05) is 11.5 Å². The molecule has 1 fully saturated rings. The van der Waals surface area contributed by atoms with Gasteiger partial charge in [0.25, 0.3) is 5.91 Å². The minimum Gasteiger partial charge on any atom is -0.477 e. The Labute approximate surface area is 205 Å². The van der Waals surface area contributed by atoms with Crippen molar-refractivity contribution >= 4 is 58.3 Å². The second kappa shape index (κ2) is 9.34. The molecule has 2 aromatic heterocycles. The molecule has 0 radical (unpaired) electrons. The molecule has 0 bridgehead atoms. The molecular formula is C18H19N7O6S3. The first kappa shape index (κ1) is 24.2. The fourth-order valence-corrected chi connectivity index (χ4v) is 7.04. The Balaban J connectivity index is 1.44.